The summed E-state index contributed by atoms with van der Waals surface area (Å²) in [6.45, 7) is 2.01. The Morgan fingerprint density at radius 3 is 3.00 bits per heavy atom. The van der Waals surface area contributed by atoms with Gasteiger partial charge in [0.2, 0.25) is 0 Å². The van der Waals surface area contributed by atoms with Crippen molar-refractivity contribution in [1.82, 2.24) is 0 Å². The topological polar surface area (TPSA) is 23.9 Å². The second kappa shape index (κ2) is 3.32. The zero-order valence-corrected chi connectivity index (χ0v) is 6.61. The van der Waals surface area contributed by atoms with Crippen LogP contribution < -0.4 is 0 Å². The first-order chi connectivity index (χ1) is 4.84. The monoisotopic (exact) mass is 151 g/mol. The molecule has 0 unspecified atom stereocenters. The third-order valence-corrected chi connectivity index (χ3v) is 2.25. The van der Waals surface area contributed by atoms with Crippen LogP contribution in [-0.2, 0) is 0 Å². The molecular weight excluding hydrogens is 142 g/mol. The summed E-state index contributed by atoms with van der Waals surface area (Å²) in [6.07, 6.45) is 3.11. The number of allylic oxidation sites excluding steroid dienone is 2. The Morgan fingerprint density at radius 1 is 1.70 bits per heavy atom. The van der Waals surface area contributed by atoms with Crippen LogP contribution in [0, 0.1) is 5.41 Å². The number of hydrogen-bond donors (Lipinski definition) is 1. The summed E-state index contributed by atoms with van der Waals surface area (Å²) in [6, 6.07) is 4.07. The lowest BCUT2D eigenvalue weighted by atomic mass is 10.2. The van der Waals surface area contributed by atoms with Crippen molar-refractivity contribution in [1.29, 1.82) is 5.41 Å². The van der Waals surface area contributed by atoms with Crippen LogP contribution >= 0.6 is 11.3 Å². The molecule has 0 spiro atoms. The molecule has 52 valence electrons. The quantitative estimate of drug-likeness (QED) is 0.628. The minimum Gasteiger partial charge on any atom is -0.309 e. The molecule has 0 aliphatic heterocycles. The lowest BCUT2D eigenvalue weighted by Gasteiger charge is -1.90. The highest BCUT2D eigenvalue weighted by Crippen LogP contribution is 2.18. The van der Waals surface area contributed by atoms with E-state index in [-0.39, 0.29) is 0 Å². The molecule has 0 fully saturated rings. The number of hydrogen-bond acceptors (Lipinski definition) is 2. The van der Waals surface area contributed by atoms with E-state index in [1.807, 2.05) is 18.4 Å². The van der Waals surface area contributed by atoms with Gasteiger partial charge >= 0.3 is 0 Å². The van der Waals surface area contributed by atoms with Crippen molar-refractivity contribution < 1.29 is 0 Å². The molecule has 1 N–H and O–H groups in total. The maximum Gasteiger partial charge on any atom is 0.0300 e. The molecule has 0 aromatic carbocycles. The van der Waals surface area contributed by atoms with Gasteiger partial charge in [-0.3, -0.25) is 0 Å². The Bertz CT molecular complexity index is 234. The zero-order valence-electron chi connectivity index (χ0n) is 5.79. The first-order valence-electron chi connectivity index (χ1n) is 3.06. The van der Waals surface area contributed by atoms with E-state index in [2.05, 4.69) is 6.07 Å². The molecule has 0 saturated heterocycles. The van der Waals surface area contributed by atoms with Crippen LogP contribution in [-0.4, -0.2) is 6.21 Å². The maximum atomic E-state index is 6.84. The first kappa shape index (κ1) is 7.22. The molecular formula is C8H9NS. The summed E-state index contributed by atoms with van der Waals surface area (Å²) in [5.74, 6) is 0. The summed E-state index contributed by atoms with van der Waals surface area (Å²) >= 11 is 1.70. The molecule has 0 radical (unpaired) electrons. The van der Waals surface area contributed by atoms with E-state index in [0.717, 1.165) is 5.57 Å². The van der Waals surface area contributed by atoms with Crippen LogP contribution in [0.15, 0.2) is 23.6 Å². The normalized spacial score (nSPS) is 11.5. The number of rotatable bonds is 2. The van der Waals surface area contributed by atoms with E-state index >= 15 is 0 Å². The van der Waals surface area contributed by atoms with Crippen molar-refractivity contribution in [2.45, 2.75) is 6.92 Å². The van der Waals surface area contributed by atoms with E-state index in [1.165, 1.54) is 11.1 Å². The lowest BCUT2D eigenvalue weighted by Crippen LogP contribution is -1.70. The fourth-order valence-electron chi connectivity index (χ4n) is 0.710. The molecule has 1 heterocycles. The minimum atomic E-state index is 1.16. The Hall–Kier alpha value is -0.890. The average Bonchev–Trinajstić information content (AvgIpc) is 2.38. The average molecular weight is 151 g/mol. The highest BCUT2D eigenvalue weighted by atomic mass is 32.1. The summed E-state index contributed by atoms with van der Waals surface area (Å²) in [5, 5.41) is 8.88. The summed E-state index contributed by atoms with van der Waals surface area (Å²) < 4.78 is 0. The van der Waals surface area contributed by atoms with Crippen molar-refractivity contribution in [3.05, 3.63) is 28.5 Å². The van der Waals surface area contributed by atoms with E-state index in [4.69, 9.17) is 5.41 Å². The number of thiophene rings is 1. The lowest BCUT2D eigenvalue weighted by molar-refractivity contribution is 1.57. The van der Waals surface area contributed by atoms with E-state index in [9.17, 15) is 0 Å². The van der Waals surface area contributed by atoms with Gasteiger partial charge in [-0.1, -0.05) is 6.07 Å². The van der Waals surface area contributed by atoms with Gasteiger partial charge in [0, 0.05) is 11.1 Å². The van der Waals surface area contributed by atoms with Gasteiger partial charge < -0.3 is 5.41 Å². The third-order valence-electron chi connectivity index (χ3n) is 1.24. The molecule has 0 aliphatic rings. The Labute approximate surface area is 64.5 Å². The van der Waals surface area contributed by atoms with Gasteiger partial charge in [0.05, 0.1) is 0 Å². The van der Waals surface area contributed by atoms with Crippen molar-refractivity contribution in [3.63, 3.8) is 0 Å². The van der Waals surface area contributed by atoms with Crippen molar-refractivity contribution >= 4 is 23.1 Å². The highest BCUT2D eigenvalue weighted by Gasteiger charge is 1.92. The van der Waals surface area contributed by atoms with Crippen LogP contribution in [0.5, 0.6) is 0 Å². The fourth-order valence-corrected chi connectivity index (χ4v) is 1.42. The molecule has 0 bridgehead atoms. The molecule has 1 aromatic rings. The third kappa shape index (κ3) is 1.54. The SMILES string of the molecule is C/C(=C\C=N)c1cccs1. The van der Waals surface area contributed by atoms with Crippen molar-refractivity contribution in [2.24, 2.45) is 0 Å². The van der Waals surface area contributed by atoms with Crippen molar-refractivity contribution in [3.8, 4) is 0 Å². The molecule has 0 amide bonds. The van der Waals surface area contributed by atoms with Gasteiger partial charge in [0.25, 0.3) is 0 Å². The zero-order chi connectivity index (χ0) is 7.40. The molecule has 1 nitrogen and oxygen atoms in total. The van der Waals surface area contributed by atoms with Crippen LogP contribution in [0.2, 0.25) is 0 Å². The molecule has 10 heavy (non-hydrogen) atoms. The van der Waals surface area contributed by atoms with Crippen molar-refractivity contribution in [2.75, 3.05) is 0 Å². The van der Waals surface area contributed by atoms with Gasteiger partial charge in [-0.2, -0.15) is 0 Å². The first-order valence-corrected chi connectivity index (χ1v) is 3.94. The van der Waals surface area contributed by atoms with Crippen LogP contribution in [0.3, 0.4) is 0 Å². The summed E-state index contributed by atoms with van der Waals surface area (Å²) in [7, 11) is 0. The van der Waals surface area contributed by atoms with E-state index in [0.29, 0.717) is 0 Å². The maximum absolute atomic E-state index is 6.84. The predicted molar refractivity (Wildman–Crippen MR) is 46.8 cm³/mol. The standard InChI is InChI=1S/C8H9NS/c1-7(4-5-9)8-3-2-6-10-8/h2-6,9H,1H3/b7-4+,9-5?. The fraction of sp³-hybridized carbons (Fsp3) is 0.125. The molecule has 1 rings (SSSR count). The van der Waals surface area contributed by atoms with E-state index < -0.39 is 0 Å². The van der Waals surface area contributed by atoms with Crippen LogP contribution in [0.25, 0.3) is 5.57 Å². The van der Waals surface area contributed by atoms with Gasteiger partial charge in [-0.25, -0.2) is 0 Å². The van der Waals surface area contributed by atoms with Gasteiger partial charge in [0.1, 0.15) is 0 Å². The molecule has 0 atom stereocenters. The minimum absolute atomic E-state index is 1.16. The van der Waals surface area contributed by atoms with Gasteiger partial charge in [-0.05, 0) is 30.0 Å². The molecule has 2 heteroatoms. The molecule has 0 aliphatic carbocycles. The van der Waals surface area contributed by atoms with Crippen LogP contribution in [0.4, 0.5) is 0 Å². The largest absolute Gasteiger partial charge is 0.309 e. The van der Waals surface area contributed by atoms with Gasteiger partial charge in [0.15, 0.2) is 0 Å². The predicted octanol–water partition coefficient (Wildman–Crippen LogP) is 2.80. The molecule has 0 saturated carbocycles. The Morgan fingerprint density at radius 2 is 2.50 bits per heavy atom. The second-order valence-corrected chi connectivity index (χ2v) is 2.94. The Balaban J connectivity index is 2.86. The second-order valence-electron chi connectivity index (χ2n) is 1.99. The van der Waals surface area contributed by atoms with Gasteiger partial charge in [-0.15, -0.1) is 11.3 Å². The highest BCUT2D eigenvalue weighted by molar-refractivity contribution is 7.11. The smallest absolute Gasteiger partial charge is 0.0300 e. The Kier molecular flexibility index (Phi) is 2.40. The molecule has 1 aromatic heterocycles. The number of nitrogens with one attached hydrogen (secondary N) is 1. The summed E-state index contributed by atoms with van der Waals surface area (Å²) in [4.78, 5) is 1.24. The van der Waals surface area contributed by atoms with E-state index in [1.54, 1.807) is 17.4 Å². The van der Waals surface area contributed by atoms with Crippen LogP contribution in [0.1, 0.15) is 11.8 Å². The summed E-state index contributed by atoms with van der Waals surface area (Å²) in [5.41, 5.74) is 1.16.